The van der Waals surface area contributed by atoms with E-state index in [1.807, 2.05) is 12.1 Å². The first-order chi connectivity index (χ1) is 11.2. The molecule has 118 valence electrons. The van der Waals surface area contributed by atoms with Gasteiger partial charge in [-0.15, -0.1) is 0 Å². The Balaban J connectivity index is 1.45. The van der Waals surface area contributed by atoms with Gasteiger partial charge < -0.3 is 15.4 Å². The number of fused-ring (bicyclic) bond motifs is 2. The van der Waals surface area contributed by atoms with Gasteiger partial charge in [-0.25, -0.2) is 4.39 Å². The first kappa shape index (κ1) is 14.4. The van der Waals surface area contributed by atoms with E-state index in [1.54, 1.807) is 12.1 Å². The molecule has 2 heterocycles. The number of morpholine rings is 1. The molecule has 5 heteroatoms. The van der Waals surface area contributed by atoms with Crippen LogP contribution in [0.25, 0.3) is 0 Å². The number of halogens is 1. The average molecular weight is 312 g/mol. The minimum absolute atomic E-state index is 0.0722. The minimum atomic E-state index is -0.327. The van der Waals surface area contributed by atoms with Gasteiger partial charge in [-0.3, -0.25) is 4.79 Å². The predicted molar refractivity (Wildman–Crippen MR) is 84.8 cm³/mol. The molecule has 0 spiro atoms. The fraction of sp³-hybridized carbons (Fsp3) is 0.278. The quantitative estimate of drug-likeness (QED) is 0.916. The van der Waals surface area contributed by atoms with Crippen molar-refractivity contribution < 1.29 is 13.9 Å². The van der Waals surface area contributed by atoms with Crippen LogP contribution in [0.3, 0.4) is 0 Å². The Morgan fingerprint density at radius 3 is 2.48 bits per heavy atom. The Kier molecular flexibility index (Phi) is 3.59. The number of hydrogen-bond acceptors (Lipinski definition) is 3. The van der Waals surface area contributed by atoms with Gasteiger partial charge in [0.15, 0.2) is 0 Å². The summed E-state index contributed by atoms with van der Waals surface area (Å²) in [5, 5.41) is 6.20. The van der Waals surface area contributed by atoms with E-state index in [9.17, 15) is 9.18 Å². The lowest BCUT2D eigenvalue weighted by Crippen LogP contribution is -2.34. The molecule has 2 aromatic carbocycles. The molecule has 0 unspecified atom stereocenters. The van der Waals surface area contributed by atoms with Crippen molar-refractivity contribution in [3.8, 4) is 0 Å². The lowest BCUT2D eigenvalue weighted by atomic mass is 10.0. The second-order valence-electron chi connectivity index (χ2n) is 6.01. The van der Waals surface area contributed by atoms with Gasteiger partial charge in [-0.2, -0.15) is 0 Å². The second-order valence-corrected chi connectivity index (χ2v) is 6.01. The number of amides is 1. The van der Waals surface area contributed by atoms with Crippen molar-refractivity contribution in [2.24, 2.45) is 0 Å². The standard InChI is InChI=1S/C18H17FN2O2/c19-13-5-7-14(8-6-13)21-18(22)12-3-1-11(2-4-12)17-16-9-15(23-17)10-20-16/h1-8,15-17,20H,9-10H2,(H,21,22)/t15-,16-,17+/m1/s1. The van der Waals surface area contributed by atoms with Gasteiger partial charge in [0, 0.05) is 23.8 Å². The number of nitrogens with one attached hydrogen (secondary N) is 2. The third-order valence-electron chi connectivity index (χ3n) is 4.43. The molecule has 0 aromatic heterocycles. The van der Waals surface area contributed by atoms with Gasteiger partial charge in [-0.05, 0) is 48.4 Å². The molecule has 2 aliphatic rings. The summed E-state index contributed by atoms with van der Waals surface area (Å²) < 4.78 is 18.8. The van der Waals surface area contributed by atoms with Crippen molar-refractivity contribution in [2.45, 2.75) is 24.7 Å². The lowest BCUT2D eigenvalue weighted by molar-refractivity contribution is 0.0160. The highest BCUT2D eigenvalue weighted by Crippen LogP contribution is 2.36. The zero-order chi connectivity index (χ0) is 15.8. The van der Waals surface area contributed by atoms with Crippen LogP contribution in [-0.4, -0.2) is 24.6 Å². The molecule has 0 aliphatic carbocycles. The summed E-state index contributed by atoms with van der Waals surface area (Å²) in [4.78, 5) is 12.2. The van der Waals surface area contributed by atoms with E-state index in [1.165, 1.54) is 24.3 Å². The van der Waals surface area contributed by atoms with Crippen LogP contribution >= 0.6 is 0 Å². The number of anilines is 1. The Bertz CT molecular complexity index is 715. The van der Waals surface area contributed by atoms with Crippen molar-refractivity contribution in [3.05, 3.63) is 65.5 Å². The van der Waals surface area contributed by atoms with Crippen molar-refractivity contribution >= 4 is 11.6 Å². The average Bonchev–Trinajstić information content (AvgIpc) is 3.20. The highest BCUT2D eigenvalue weighted by molar-refractivity contribution is 6.04. The SMILES string of the molecule is O=C(Nc1ccc(F)cc1)c1ccc([C@@H]2O[C@H]3CN[C@@H]2C3)cc1. The molecule has 2 saturated heterocycles. The first-order valence-corrected chi connectivity index (χ1v) is 7.75. The van der Waals surface area contributed by atoms with Crippen LogP contribution in [0.4, 0.5) is 10.1 Å². The maximum atomic E-state index is 12.9. The number of carbonyl (C=O) groups excluding carboxylic acids is 1. The number of rotatable bonds is 3. The van der Waals surface area contributed by atoms with Crippen molar-refractivity contribution in [3.63, 3.8) is 0 Å². The molecule has 1 amide bonds. The van der Waals surface area contributed by atoms with E-state index >= 15 is 0 Å². The molecule has 2 fully saturated rings. The van der Waals surface area contributed by atoms with Crippen molar-refractivity contribution in [1.82, 2.24) is 5.32 Å². The molecular weight excluding hydrogens is 295 g/mol. The molecular formula is C18H17FN2O2. The summed E-state index contributed by atoms with van der Waals surface area (Å²) in [5.74, 6) is -0.540. The Hall–Kier alpha value is -2.24. The second kappa shape index (κ2) is 5.76. The van der Waals surface area contributed by atoms with E-state index in [-0.39, 0.29) is 17.8 Å². The van der Waals surface area contributed by atoms with E-state index in [0.29, 0.717) is 23.4 Å². The Morgan fingerprint density at radius 2 is 1.87 bits per heavy atom. The van der Waals surface area contributed by atoms with Crippen LogP contribution in [0, 0.1) is 5.82 Å². The minimum Gasteiger partial charge on any atom is -0.367 e. The van der Waals surface area contributed by atoms with Crippen LogP contribution in [0.15, 0.2) is 48.5 Å². The molecule has 4 rings (SSSR count). The van der Waals surface area contributed by atoms with E-state index in [4.69, 9.17) is 4.74 Å². The van der Waals surface area contributed by atoms with Gasteiger partial charge in [-0.1, -0.05) is 12.1 Å². The van der Waals surface area contributed by atoms with Gasteiger partial charge in [0.1, 0.15) is 5.82 Å². The molecule has 2 N–H and O–H groups in total. The van der Waals surface area contributed by atoms with Crippen LogP contribution in [0.5, 0.6) is 0 Å². The summed E-state index contributed by atoms with van der Waals surface area (Å²) in [6, 6.07) is 13.6. The summed E-state index contributed by atoms with van der Waals surface area (Å²) in [6.45, 7) is 0.930. The van der Waals surface area contributed by atoms with Crippen molar-refractivity contribution in [2.75, 3.05) is 11.9 Å². The molecule has 23 heavy (non-hydrogen) atoms. The fourth-order valence-corrected chi connectivity index (χ4v) is 3.24. The molecule has 2 bridgehead atoms. The number of ether oxygens (including phenoxy) is 1. The lowest BCUT2D eigenvalue weighted by Gasteiger charge is -2.23. The first-order valence-electron chi connectivity index (χ1n) is 7.75. The molecule has 3 atom stereocenters. The number of benzene rings is 2. The summed E-state index contributed by atoms with van der Waals surface area (Å²) in [6.07, 6.45) is 1.44. The van der Waals surface area contributed by atoms with Gasteiger partial charge >= 0.3 is 0 Å². The fourth-order valence-electron chi connectivity index (χ4n) is 3.24. The zero-order valence-corrected chi connectivity index (χ0v) is 12.5. The van der Waals surface area contributed by atoms with Gasteiger partial charge in [0.2, 0.25) is 0 Å². The topological polar surface area (TPSA) is 50.4 Å². The molecule has 0 radical (unpaired) electrons. The van der Waals surface area contributed by atoms with Gasteiger partial charge in [0.05, 0.1) is 12.2 Å². The third kappa shape index (κ3) is 2.85. The number of hydrogen-bond donors (Lipinski definition) is 2. The van der Waals surface area contributed by atoms with Crippen LogP contribution in [0.2, 0.25) is 0 Å². The smallest absolute Gasteiger partial charge is 0.255 e. The maximum Gasteiger partial charge on any atom is 0.255 e. The summed E-state index contributed by atoms with van der Waals surface area (Å²) in [7, 11) is 0. The maximum absolute atomic E-state index is 12.9. The zero-order valence-electron chi connectivity index (χ0n) is 12.5. The van der Waals surface area contributed by atoms with E-state index < -0.39 is 0 Å². The van der Waals surface area contributed by atoms with Crippen LogP contribution in [-0.2, 0) is 4.74 Å². The predicted octanol–water partition coefficient (Wildman–Crippen LogP) is 2.88. The van der Waals surface area contributed by atoms with Crippen molar-refractivity contribution in [1.29, 1.82) is 0 Å². The monoisotopic (exact) mass is 312 g/mol. The summed E-state index contributed by atoms with van der Waals surface area (Å²) in [5.41, 5.74) is 2.22. The molecule has 4 nitrogen and oxygen atoms in total. The van der Waals surface area contributed by atoms with Gasteiger partial charge in [0.25, 0.3) is 5.91 Å². The highest BCUT2D eigenvalue weighted by atomic mass is 19.1. The molecule has 2 aromatic rings. The number of carbonyl (C=O) groups is 1. The van der Waals surface area contributed by atoms with E-state index in [2.05, 4.69) is 10.6 Å². The molecule has 0 saturated carbocycles. The highest BCUT2D eigenvalue weighted by Gasteiger charge is 2.41. The normalized spacial score (nSPS) is 25.5. The molecule has 2 aliphatic heterocycles. The largest absolute Gasteiger partial charge is 0.367 e. The van der Waals surface area contributed by atoms with Crippen LogP contribution < -0.4 is 10.6 Å². The Morgan fingerprint density at radius 1 is 1.13 bits per heavy atom. The third-order valence-corrected chi connectivity index (χ3v) is 4.43. The van der Waals surface area contributed by atoms with E-state index in [0.717, 1.165) is 18.5 Å². The Labute approximate surface area is 133 Å². The van der Waals surface area contributed by atoms with Crippen LogP contribution in [0.1, 0.15) is 28.4 Å². The summed E-state index contributed by atoms with van der Waals surface area (Å²) >= 11 is 0.